The number of carbonyl (C=O) groups excluding carboxylic acids is 2. The van der Waals surface area contributed by atoms with Gasteiger partial charge >= 0.3 is 0 Å². The summed E-state index contributed by atoms with van der Waals surface area (Å²) in [6.07, 6.45) is 0. The summed E-state index contributed by atoms with van der Waals surface area (Å²) >= 11 is 1.52. The van der Waals surface area contributed by atoms with E-state index in [1.54, 1.807) is 37.3 Å². The summed E-state index contributed by atoms with van der Waals surface area (Å²) in [6, 6.07) is 13.4. The van der Waals surface area contributed by atoms with Crippen LogP contribution in [-0.2, 0) is 11.3 Å². The zero-order valence-corrected chi connectivity index (χ0v) is 15.4. The van der Waals surface area contributed by atoms with Crippen molar-refractivity contribution in [1.82, 2.24) is 9.78 Å². The van der Waals surface area contributed by atoms with Crippen molar-refractivity contribution in [3.8, 4) is 10.6 Å². The van der Waals surface area contributed by atoms with Crippen molar-refractivity contribution in [1.29, 1.82) is 0 Å². The van der Waals surface area contributed by atoms with Gasteiger partial charge in [-0.3, -0.25) is 14.4 Å². The number of nitrogens with one attached hydrogen (secondary N) is 1. The van der Waals surface area contributed by atoms with Gasteiger partial charge in [0.1, 0.15) is 5.69 Å². The number of primary amides is 1. The van der Waals surface area contributed by atoms with Crippen LogP contribution in [-0.4, -0.2) is 21.6 Å². The van der Waals surface area contributed by atoms with Gasteiger partial charge in [0, 0.05) is 6.07 Å². The van der Waals surface area contributed by atoms with Crippen LogP contribution in [0.1, 0.15) is 17.3 Å². The highest BCUT2D eigenvalue weighted by atomic mass is 32.1. The van der Waals surface area contributed by atoms with E-state index in [1.807, 2.05) is 17.5 Å². The maximum Gasteiger partial charge on any atom is 0.266 e. The molecule has 8 heteroatoms. The van der Waals surface area contributed by atoms with Crippen molar-refractivity contribution in [2.75, 3.05) is 5.32 Å². The molecule has 0 saturated carbocycles. The summed E-state index contributed by atoms with van der Waals surface area (Å²) < 4.78 is 1.28. The molecule has 2 amide bonds. The van der Waals surface area contributed by atoms with Crippen molar-refractivity contribution in [3.63, 3.8) is 0 Å². The Kier molecular flexibility index (Phi) is 5.46. The number of hydrogen-bond acceptors (Lipinski definition) is 5. The zero-order valence-electron chi connectivity index (χ0n) is 14.6. The van der Waals surface area contributed by atoms with E-state index < -0.39 is 11.8 Å². The fourth-order valence-electron chi connectivity index (χ4n) is 2.54. The first-order valence-electron chi connectivity index (χ1n) is 8.27. The van der Waals surface area contributed by atoms with E-state index in [1.165, 1.54) is 22.1 Å². The number of amides is 2. The first kappa shape index (κ1) is 18.5. The van der Waals surface area contributed by atoms with E-state index in [-0.39, 0.29) is 23.6 Å². The van der Waals surface area contributed by atoms with Gasteiger partial charge in [-0.15, -0.1) is 11.3 Å². The minimum Gasteiger partial charge on any atom is -0.366 e. The molecule has 0 aliphatic rings. The van der Waals surface area contributed by atoms with Gasteiger partial charge in [-0.05, 0) is 29.6 Å². The van der Waals surface area contributed by atoms with Gasteiger partial charge in [-0.1, -0.05) is 25.1 Å². The van der Waals surface area contributed by atoms with Crippen molar-refractivity contribution in [2.24, 2.45) is 11.7 Å². The Morgan fingerprint density at radius 1 is 1.19 bits per heavy atom. The lowest BCUT2D eigenvalue weighted by Crippen LogP contribution is -2.31. The van der Waals surface area contributed by atoms with Crippen LogP contribution < -0.4 is 16.6 Å². The second-order valence-corrected chi connectivity index (χ2v) is 6.96. The molecule has 0 aliphatic carbocycles. The Hall–Kier alpha value is -3.26. The van der Waals surface area contributed by atoms with Crippen molar-refractivity contribution >= 4 is 28.8 Å². The molecule has 0 saturated heterocycles. The van der Waals surface area contributed by atoms with Gasteiger partial charge in [0.15, 0.2) is 0 Å². The Bertz CT molecular complexity index is 1030. The summed E-state index contributed by atoms with van der Waals surface area (Å²) in [5.41, 5.74) is 6.29. The van der Waals surface area contributed by atoms with Gasteiger partial charge in [0.2, 0.25) is 5.91 Å². The van der Waals surface area contributed by atoms with Crippen LogP contribution in [0, 0.1) is 5.92 Å². The van der Waals surface area contributed by atoms with E-state index in [4.69, 9.17) is 5.73 Å². The number of nitrogens with two attached hydrogens (primary N) is 1. The van der Waals surface area contributed by atoms with Crippen LogP contribution in [0.4, 0.5) is 5.69 Å². The lowest BCUT2D eigenvalue weighted by atomic mass is 10.1. The number of anilines is 1. The molecule has 0 fully saturated rings. The standard InChI is InChI=1S/C19H18N4O3S/c1-12(19(26)21-14-6-3-2-5-13(14)18(20)25)11-23-17(24)9-8-15(22-23)16-7-4-10-27-16/h2-10,12H,11H2,1H3,(H2,20,25)(H,21,26)/t12-/m1/s1. The number of thiophene rings is 1. The molecule has 138 valence electrons. The van der Waals surface area contributed by atoms with E-state index >= 15 is 0 Å². The molecule has 7 nitrogen and oxygen atoms in total. The molecule has 0 spiro atoms. The summed E-state index contributed by atoms with van der Waals surface area (Å²) in [5, 5.41) is 8.97. The van der Waals surface area contributed by atoms with Crippen LogP contribution in [0.25, 0.3) is 10.6 Å². The quantitative estimate of drug-likeness (QED) is 0.682. The predicted octanol–water partition coefficient (Wildman–Crippen LogP) is 2.35. The van der Waals surface area contributed by atoms with Crippen LogP contribution in [0.5, 0.6) is 0 Å². The molecule has 0 bridgehead atoms. The van der Waals surface area contributed by atoms with Crippen LogP contribution in [0.15, 0.2) is 58.7 Å². The van der Waals surface area contributed by atoms with Gasteiger partial charge in [0.25, 0.3) is 11.5 Å². The smallest absolute Gasteiger partial charge is 0.266 e. The van der Waals surface area contributed by atoms with E-state index in [0.717, 1.165) is 4.88 Å². The maximum atomic E-state index is 12.5. The van der Waals surface area contributed by atoms with Crippen LogP contribution >= 0.6 is 11.3 Å². The third-order valence-electron chi connectivity index (χ3n) is 3.99. The molecule has 0 unspecified atom stereocenters. The van der Waals surface area contributed by atoms with Crippen molar-refractivity contribution < 1.29 is 9.59 Å². The third kappa shape index (κ3) is 4.29. The highest BCUT2D eigenvalue weighted by Gasteiger charge is 2.18. The number of benzene rings is 1. The number of carbonyl (C=O) groups is 2. The van der Waals surface area contributed by atoms with Gasteiger partial charge in [-0.25, -0.2) is 4.68 Å². The SMILES string of the molecule is C[C@H](Cn1nc(-c2cccs2)ccc1=O)C(=O)Nc1ccccc1C(N)=O. The molecular formula is C19H18N4O3S. The summed E-state index contributed by atoms with van der Waals surface area (Å²) in [7, 11) is 0. The van der Waals surface area contributed by atoms with Crippen LogP contribution in [0.2, 0.25) is 0 Å². The average molecular weight is 382 g/mol. The van der Waals surface area contributed by atoms with Gasteiger partial charge in [0.05, 0.1) is 28.6 Å². The molecule has 2 heterocycles. The number of hydrogen-bond donors (Lipinski definition) is 2. The molecule has 0 aliphatic heterocycles. The molecule has 2 aromatic heterocycles. The first-order chi connectivity index (χ1) is 13.0. The molecule has 1 aromatic carbocycles. The fourth-order valence-corrected chi connectivity index (χ4v) is 3.23. The largest absolute Gasteiger partial charge is 0.366 e. The predicted molar refractivity (Wildman–Crippen MR) is 105 cm³/mol. The van der Waals surface area contributed by atoms with Crippen molar-refractivity contribution in [3.05, 3.63) is 69.8 Å². The van der Waals surface area contributed by atoms with Gasteiger partial charge < -0.3 is 11.1 Å². The van der Waals surface area contributed by atoms with E-state index in [2.05, 4.69) is 10.4 Å². The highest BCUT2D eigenvalue weighted by molar-refractivity contribution is 7.13. The lowest BCUT2D eigenvalue weighted by Gasteiger charge is -2.15. The monoisotopic (exact) mass is 382 g/mol. The second kappa shape index (κ2) is 7.96. The number of nitrogens with zero attached hydrogens (tertiary/aromatic N) is 2. The normalized spacial score (nSPS) is 11.7. The summed E-state index contributed by atoms with van der Waals surface area (Å²) in [5.74, 6) is -1.51. The molecule has 3 rings (SSSR count). The van der Waals surface area contributed by atoms with E-state index in [0.29, 0.717) is 11.4 Å². The highest BCUT2D eigenvalue weighted by Crippen LogP contribution is 2.21. The topological polar surface area (TPSA) is 107 Å². The van der Waals surface area contributed by atoms with Crippen LogP contribution in [0.3, 0.4) is 0 Å². The number of aromatic nitrogens is 2. The Balaban J connectivity index is 1.77. The summed E-state index contributed by atoms with van der Waals surface area (Å²) in [4.78, 5) is 37.0. The fraction of sp³-hybridized carbons (Fsp3) is 0.158. The first-order valence-corrected chi connectivity index (χ1v) is 9.15. The molecule has 0 radical (unpaired) electrons. The molecule has 3 aromatic rings. The summed E-state index contributed by atoms with van der Waals surface area (Å²) in [6.45, 7) is 1.80. The Labute approximate surface area is 159 Å². The molecular weight excluding hydrogens is 364 g/mol. The molecule has 27 heavy (non-hydrogen) atoms. The third-order valence-corrected chi connectivity index (χ3v) is 4.88. The lowest BCUT2D eigenvalue weighted by molar-refractivity contribution is -0.119. The molecule has 1 atom stereocenters. The molecule has 3 N–H and O–H groups in total. The minimum atomic E-state index is -0.625. The van der Waals surface area contributed by atoms with E-state index in [9.17, 15) is 14.4 Å². The van der Waals surface area contributed by atoms with Gasteiger partial charge in [-0.2, -0.15) is 5.10 Å². The second-order valence-electron chi connectivity index (χ2n) is 6.02. The number of rotatable bonds is 6. The minimum absolute atomic E-state index is 0.114. The van der Waals surface area contributed by atoms with Crippen molar-refractivity contribution in [2.45, 2.75) is 13.5 Å². The Morgan fingerprint density at radius 3 is 2.67 bits per heavy atom. The average Bonchev–Trinajstić information content (AvgIpc) is 3.18. The maximum absolute atomic E-state index is 12.5. The number of para-hydroxylation sites is 1. The Morgan fingerprint density at radius 2 is 1.96 bits per heavy atom. The zero-order chi connectivity index (χ0) is 19.4.